The Bertz CT molecular complexity index is 527. The average molecular weight is 333 g/mol. The van der Waals surface area contributed by atoms with Crippen LogP contribution in [-0.2, 0) is 25.5 Å². The fourth-order valence-corrected chi connectivity index (χ4v) is 3.24. The van der Waals surface area contributed by atoms with Gasteiger partial charge in [-0.1, -0.05) is 30.3 Å². The molecule has 1 atom stereocenters. The quantitative estimate of drug-likeness (QED) is 0.774. The van der Waals surface area contributed by atoms with Gasteiger partial charge in [0.25, 0.3) is 0 Å². The minimum absolute atomic E-state index is 0.0464. The van der Waals surface area contributed by atoms with Crippen molar-refractivity contribution in [3.05, 3.63) is 35.9 Å². The van der Waals surface area contributed by atoms with E-state index in [-0.39, 0.29) is 12.1 Å². The zero-order chi connectivity index (χ0) is 16.8. The van der Waals surface area contributed by atoms with Gasteiger partial charge in [-0.15, -0.1) is 0 Å². The van der Waals surface area contributed by atoms with E-state index in [1.807, 2.05) is 13.0 Å². The van der Waals surface area contributed by atoms with E-state index in [0.717, 1.165) is 32.5 Å². The van der Waals surface area contributed by atoms with Crippen LogP contribution < -0.4 is 0 Å². The minimum atomic E-state index is -0.406. The van der Waals surface area contributed by atoms with Gasteiger partial charge in [-0.25, -0.2) is 0 Å². The van der Waals surface area contributed by atoms with Crippen molar-refractivity contribution in [3.63, 3.8) is 0 Å². The van der Waals surface area contributed by atoms with Crippen LogP contribution in [0, 0.1) is 5.41 Å². The molecule has 1 aromatic rings. The predicted octanol–water partition coefficient (Wildman–Crippen LogP) is 2.25. The van der Waals surface area contributed by atoms with E-state index in [1.54, 1.807) is 0 Å². The summed E-state index contributed by atoms with van der Waals surface area (Å²) in [5, 5.41) is 0. The Hall–Kier alpha value is -1.43. The standard InChI is InChI=1S/C19H27NO4/c1-19(7-10-22-11-8-19)18(21)24-15-17-14-20(9-12-23-17)13-16-5-3-2-4-6-16/h2-6,17H,7-15H2,1H3/t17-/m1/s1. The summed E-state index contributed by atoms with van der Waals surface area (Å²) >= 11 is 0. The highest BCUT2D eigenvalue weighted by molar-refractivity contribution is 5.76. The molecule has 3 rings (SSSR count). The van der Waals surface area contributed by atoms with Crippen LogP contribution in [0.25, 0.3) is 0 Å². The SMILES string of the molecule is CC1(C(=O)OC[C@H]2CN(Cc3ccccc3)CCO2)CCOCC1. The van der Waals surface area contributed by atoms with Gasteiger partial charge in [0.1, 0.15) is 12.7 Å². The third-order valence-electron chi connectivity index (χ3n) is 4.96. The lowest BCUT2D eigenvalue weighted by atomic mass is 9.82. The zero-order valence-corrected chi connectivity index (χ0v) is 14.4. The smallest absolute Gasteiger partial charge is 0.312 e. The van der Waals surface area contributed by atoms with Gasteiger partial charge in [-0.05, 0) is 25.3 Å². The first-order valence-corrected chi connectivity index (χ1v) is 8.79. The largest absolute Gasteiger partial charge is 0.462 e. The molecule has 0 radical (unpaired) electrons. The lowest BCUT2D eigenvalue weighted by Crippen LogP contribution is -2.45. The molecule has 0 amide bonds. The fraction of sp³-hybridized carbons (Fsp3) is 0.632. The summed E-state index contributed by atoms with van der Waals surface area (Å²) < 4.78 is 16.7. The molecule has 2 heterocycles. The van der Waals surface area contributed by atoms with E-state index in [4.69, 9.17) is 14.2 Å². The molecule has 0 unspecified atom stereocenters. The Labute approximate surface area is 143 Å². The van der Waals surface area contributed by atoms with E-state index in [1.165, 1.54) is 5.56 Å². The van der Waals surface area contributed by atoms with E-state index < -0.39 is 5.41 Å². The molecular weight excluding hydrogens is 306 g/mol. The summed E-state index contributed by atoms with van der Waals surface area (Å²) in [7, 11) is 0. The van der Waals surface area contributed by atoms with Gasteiger partial charge in [-0.2, -0.15) is 0 Å². The van der Waals surface area contributed by atoms with Crippen LogP contribution in [0.4, 0.5) is 0 Å². The highest BCUT2D eigenvalue weighted by atomic mass is 16.6. The number of morpholine rings is 1. The van der Waals surface area contributed by atoms with Crippen LogP contribution in [0.2, 0.25) is 0 Å². The maximum absolute atomic E-state index is 12.4. The van der Waals surface area contributed by atoms with Gasteiger partial charge in [0.2, 0.25) is 0 Å². The summed E-state index contributed by atoms with van der Waals surface area (Å²) in [6.07, 6.45) is 1.42. The number of nitrogens with zero attached hydrogens (tertiary/aromatic N) is 1. The topological polar surface area (TPSA) is 48.0 Å². The third-order valence-corrected chi connectivity index (χ3v) is 4.96. The number of ether oxygens (including phenoxy) is 3. The molecule has 0 spiro atoms. The summed E-state index contributed by atoms with van der Waals surface area (Å²) in [5.74, 6) is -0.116. The lowest BCUT2D eigenvalue weighted by Gasteiger charge is -2.34. The second-order valence-corrected chi connectivity index (χ2v) is 6.99. The van der Waals surface area contributed by atoms with Gasteiger partial charge in [0, 0.05) is 32.8 Å². The molecular formula is C19H27NO4. The van der Waals surface area contributed by atoms with Crippen LogP contribution >= 0.6 is 0 Å². The molecule has 24 heavy (non-hydrogen) atoms. The molecule has 2 saturated heterocycles. The Kier molecular flexibility index (Phi) is 5.87. The molecule has 5 heteroatoms. The molecule has 0 bridgehead atoms. The van der Waals surface area contributed by atoms with E-state index >= 15 is 0 Å². The molecule has 1 aromatic carbocycles. The lowest BCUT2D eigenvalue weighted by molar-refractivity contribution is -0.166. The van der Waals surface area contributed by atoms with Crippen molar-refractivity contribution in [3.8, 4) is 0 Å². The summed E-state index contributed by atoms with van der Waals surface area (Å²) in [5.41, 5.74) is 0.890. The maximum atomic E-state index is 12.4. The Morgan fingerprint density at radius 1 is 1.25 bits per heavy atom. The van der Waals surface area contributed by atoms with Crippen LogP contribution in [0.15, 0.2) is 30.3 Å². The normalized spacial score (nSPS) is 24.5. The maximum Gasteiger partial charge on any atom is 0.312 e. The summed E-state index contributed by atoms with van der Waals surface area (Å²) in [4.78, 5) is 14.7. The van der Waals surface area contributed by atoms with Crippen LogP contribution in [0.5, 0.6) is 0 Å². The number of hydrogen-bond donors (Lipinski definition) is 0. The number of hydrogen-bond acceptors (Lipinski definition) is 5. The second-order valence-electron chi connectivity index (χ2n) is 6.99. The number of benzene rings is 1. The van der Waals surface area contributed by atoms with Crippen molar-refractivity contribution >= 4 is 5.97 Å². The molecule has 132 valence electrons. The first-order valence-electron chi connectivity index (χ1n) is 8.79. The first kappa shape index (κ1) is 17.4. The van der Waals surface area contributed by atoms with E-state index in [0.29, 0.717) is 26.4 Å². The first-order chi connectivity index (χ1) is 11.7. The number of carbonyl (C=O) groups is 1. The van der Waals surface area contributed by atoms with Crippen molar-refractivity contribution in [1.82, 2.24) is 4.90 Å². The molecule has 0 aromatic heterocycles. The van der Waals surface area contributed by atoms with Crippen LogP contribution in [-0.4, -0.2) is 56.5 Å². The van der Waals surface area contributed by atoms with E-state index in [9.17, 15) is 4.79 Å². The van der Waals surface area contributed by atoms with Gasteiger partial charge >= 0.3 is 5.97 Å². The zero-order valence-electron chi connectivity index (χ0n) is 14.4. The Morgan fingerprint density at radius 3 is 2.75 bits per heavy atom. The van der Waals surface area contributed by atoms with E-state index in [2.05, 4.69) is 29.2 Å². The van der Waals surface area contributed by atoms with Gasteiger partial charge in [0.15, 0.2) is 0 Å². The summed E-state index contributed by atoms with van der Waals surface area (Å²) in [6, 6.07) is 10.4. The highest BCUT2D eigenvalue weighted by Crippen LogP contribution is 2.31. The number of carbonyl (C=O) groups excluding carboxylic acids is 1. The molecule has 5 nitrogen and oxygen atoms in total. The Morgan fingerprint density at radius 2 is 2.00 bits per heavy atom. The van der Waals surface area contributed by atoms with Crippen LogP contribution in [0.3, 0.4) is 0 Å². The molecule has 2 aliphatic heterocycles. The molecule has 0 N–H and O–H groups in total. The second kappa shape index (κ2) is 8.10. The molecule has 2 fully saturated rings. The predicted molar refractivity (Wildman–Crippen MR) is 90.6 cm³/mol. The van der Waals surface area contributed by atoms with Gasteiger partial charge < -0.3 is 14.2 Å². The van der Waals surface area contributed by atoms with Crippen molar-refractivity contribution in [1.29, 1.82) is 0 Å². The number of rotatable bonds is 5. The van der Waals surface area contributed by atoms with Crippen molar-refractivity contribution in [2.45, 2.75) is 32.4 Å². The Balaban J connectivity index is 1.46. The molecule has 0 aliphatic carbocycles. The van der Waals surface area contributed by atoms with Gasteiger partial charge in [0.05, 0.1) is 12.0 Å². The van der Waals surface area contributed by atoms with Gasteiger partial charge in [-0.3, -0.25) is 9.69 Å². The van der Waals surface area contributed by atoms with Crippen molar-refractivity contribution < 1.29 is 19.0 Å². The monoisotopic (exact) mass is 333 g/mol. The fourth-order valence-electron chi connectivity index (χ4n) is 3.24. The highest BCUT2D eigenvalue weighted by Gasteiger charge is 2.37. The van der Waals surface area contributed by atoms with Crippen LogP contribution in [0.1, 0.15) is 25.3 Å². The molecule has 0 saturated carbocycles. The minimum Gasteiger partial charge on any atom is -0.462 e. The summed E-state index contributed by atoms with van der Waals surface area (Å²) in [6.45, 7) is 6.87. The number of esters is 1. The van der Waals surface area contributed by atoms with Crippen molar-refractivity contribution in [2.24, 2.45) is 5.41 Å². The third kappa shape index (κ3) is 4.56. The molecule has 2 aliphatic rings. The average Bonchev–Trinajstić information content (AvgIpc) is 2.61. The van der Waals surface area contributed by atoms with Crippen molar-refractivity contribution in [2.75, 3.05) is 39.5 Å².